The number of oxazole rings is 1. The van der Waals surface area contributed by atoms with Gasteiger partial charge in [-0.1, -0.05) is 66.7 Å². The molecular formula is C37H23N3O. The van der Waals surface area contributed by atoms with Crippen molar-refractivity contribution in [1.29, 1.82) is 0 Å². The number of nitrogens with one attached hydrogen (secondary N) is 1. The molecule has 6 aromatic carbocycles. The smallest absolute Gasteiger partial charge is 0.227 e. The van der Waals surface area contributed by atoms with Gasteiger partial charge in [-0.25, -0.2) is 4.98 Å². The maximum Gasteiger partial charge on any atom is 0.227 e. The Balaban J connectivity index is 1.30. The lowest BCUT2D eigenvalue weighted by molar-refractivity contribution is 0.620. The Bertz CT molecular complexity index is 2410. The standard InChI is InChI=1S/C37H23N3O/c1-3-9-23(10-4-1)37-39-33-22-35-30(21-36(33)41-37)29-20-25(16-18-34(29)40(35)26-11-5-2-6-12-26)24-15-17-32-28(19-24)27-13-7-8-14-31(27)38-32/h1-22,38H. The Labute approximate surface area is 235 Å². The molecule has 0 atom stereocenters. The van der Waals surface area contributed by atoms with E-state index in [0.717, 1.165) is 49.8 Å². The van der Waals surface area contributed by atoms with Gasteiger partial charge in [0.15, 0.2) is 5.58 Å². The first-order valence-corrected chi connectivity index (χ1v) is 13.8. The Morgan fingerprint density at radius 3 is 2.05 bits per heavy atom. The Kier molecular flexibility index (Phi) is 4.58. The summed E-state index contributed by atoms with van der Waals surface area (Å²) in [4.78, 5) is 8.41. The highest BCUT2D eigenvalue weighted by Gasteiger charge is 2.17. The molecule has 0 saturated carbocycles. The number of fused-ring (bicyclic) bond motifs is 7. The zero-order chi connectivity index (χ0) is 26.9. The minimum absolute atomic E-state index is 0.636. The van der Waals surface area contributed by atoms with Gasteiger partial charge in [0.25, 0.3) is 0 Å². The maximum absolute atomic E-state index is 6.30. The lowest BCUT2D eigenvalue weighted by atomic mass is 10.0. The van der Waals surface area contributed by atoms with Crippen molar-refractivity contribution in [3.63, 3.8) is 0 Å². The van der Waals surface area contributed by atoms with E-state index in [1.54, 1.807) is 0 Å². The number of benzene rings is 6. The van der Waals surface area contributed by atoms with Crippen LogP contribution in [0.25, 0.3) is 83.0 Å². The minimum atomic E-state index is 0.636. The van der Waals surface area contributed by atoms with E-state index in [-0.39, 0.29) is 0 Å². The van der Waals surface area contributed by atoms with Crippen LogP contribution in [0.5, 0.6) is 0 Å². The highest BCUT2D eigenvalue weighted by Crippen LogP contribution is 2.38. The molecule has 9 aromatic rings. The summed E-state index contributed by atoms with van der Waals surface area (Å²) in [5.41, 5.74) is 10.7. The van der Waals surface area contributed by atoms with Crippen LogP contribution in [0.4, 0.5) is 0 Å². The molecule has 0 unspecified atom stereocenters. The van der Waals surface area contributed by atoms with Gasteiger partial charge in [-0.05, 0) is 77.9 Å². The zero-order valence-corrected chi connectivity index (χ0v) is 22.0. The third kappa shape index (κ3) is 3.38. The van der Waals surface area contributed by atoms with E-state index < -0.39 is 0 Å². The minimum Gasteiger partial charge on any atom is -0.436 e. The molecule has 0 aliphatic rings. The number of para-hydroxylation sites is 2. The van der Waals surface area contributed by atoms with Gasteiger partial charge in [0.2, 0.25) is 5.89 Å². The van der Waals surface area contributed by atoms with Crippen LogP contribution in [-0.2, 0) is 0 Å². The van der Waals surface area contributed by atoms with Crippen molar-refractivity contribution in [3.05, 3.63) is 133 Å². The van der Waals surface area contributed by atoms with Gasteiger partial charge in [-0.2, -0.15) is 0 Å². The molecule has 4 heteroatoms. The lowest BCUT2D eigenvalue weighted by Gasteiger charge is -2.08. The van der Waals surface area contributed by atoms with Crippen LogP contribution in [0, 0.1) is 0 Å². The fourth-order valence-corrected chi connectivity index (χ4v) is 6.21. The average molecular weight is 526 g/mol. The molecule has 0 aliphatic carbocycles. The third-order valence-corrected chi connectivity index (χ3v) is 8.15. The maximum atomic E-state index is 6.30. The van der Waals surface area contributed by atoms with E-state index in [1.165, 1.54) is 27.3 Å². The summed E-state index contributed by atoms with van der Waals surface area (Å²) in [6.45, 7) is 0. The molecular weight excluding hydrogens is 502 g/mol. The van der Waals surface area contributed by atoms with Crippen molar-refractivity contribution in [2.24, 2.45) is 0 Å². The molecule has 0 aliphatic heterocycles. The molecule has 0 amide bonds. The summed E-state index contributed by atoms with van der Waals surface area (Å²) >= 11 is 0. The highest BCUT2D eigenvalue weighted by atomic mass is 16.3. The molecule has 4 nitrogen and oxygen atoms in total. The molecule has 41 heavy (non-hydrogen) atoms. The monoisotopic (exact) mass is 525 g/mol. The van der Waals surface area contributed by atoms with E-state index in [1.807, 2.05) is 30.3 Å². The molecule has 1 N–H and O–H groups in total. The van der Waals surface area contributed by atoms with Gasteiger partial charge in [0, 0.05) is 43.8 Å². The number of aromatic nitrogens is 3. The third-order valence-electron chi connectivity index (χ3n) is 8.15. The topological polar surface area (TPSA) is 46.8 Å². The molecule has 0 fully saturated rings. The van der Waals surface area contributed by atoms with Crippen LogP contribution in [0.3, 0.4) is 0 Å². The molecule has 9 rings (SSSR count). The lowest BCUT2D eigenvalue weighted by Crippen LogP contribution is -1.93. The predicted octanol–water partition coefficient (Wildman–Crippen LogP) is 9.89. The van der Waals surface area contributed by atoms with Gasteiger partial charge in [0.1, 0.15) is 5.52 Å². The Hall–Kier alpha value is -5.61. The van der Waals surface area contributed by atoms with Crippen molar-refractivity contribution in [1.82, 2.24) is 14.5 Å². The molecule has 3 aromatic heterocycles. The van der Waals surface area contributed by atoms with Crippen molar-refractivity contribution in [2.75, 3.05) is 0 Å². The highest BCUT2D eigenvalue weighted by molar-refractivity contribution is 6.14. The van der Waals surface area contributed by atoms with E-state index in [2.05, 4.69) is 113 Å². The number of hydrogen-bond acceptors (Lipinski definition) is 2. The molecule has 0 saturated heterocycles. The molecule has 192 valence electrons. The van der Waals surface area contributed by atoms with Gasteiger partial charge in [-0.15, -0.1) is 0 Å². The van der Waals surface area contributed by atoms with Crippen LogP contribution in [0.15, 0.2) is 138 Å². The predicted molar refractivity (Wildman–Crippen MR) is 169 cm³/mol. The van der Waals surface area contributed by atoms with Crippen LogP contribution < -0.4 is 0 Å². The van der Waals surface area contributed by atoms with Gasteiger partial charge < -0.3 is 14.0 Å². The van der Waals surface area contributed by atoms with Crippen molar-refractivity contribution in [3.8, 4) is 28.3 Å². The normalized spacial score (nSPS) is 11.9. The number of H-pyrrole nitrogens is 1. The summed E-state index contributed by atoms with van der Waals surface area (Å²) in [6, 6.07) is 46.9. The Morgan fingerprint density at radius 2 is 1.20 bits per heavy atom. The summed E-state index contributed by atoms with van der Waals surface area (Å²) < 4.78 is 8.62. The van der Waals surface area contributed by atoms with Gasteiger partial charge in [-0.3, -0.25) is 0 Å². The van der Waals surface area contributed by atoms with Crippen LogP contribution >= 0.6 is 0 Å². The van der Waals surface area contributed by atoms with E-state index in [4.69, 9.17) is 9.40 Å². The second-order valence-corrected chi connectivity index (χ2v) is 10.6. The van der Waals surface area contributed by atoms with Crippen LogP contribution in [-0.4, -0.2) is 14.5 Å². The van der Waals surface area contributed by atoms with E-state index in [0.29, 0.717) is 5.89 Å². The first kappa shape index (κ1) is 22.2. The zero-order valence-electron chi connectivity index (χ0n) is 22.0. The van der Waals surface area contributed by atoms with Crippen molar-refractivity contribution < 1.29 is 4.42 Å². The number of aromatic amines is 1. The fraction of sp³-hybridized carbons (Fsp3) is 0. The summed E-state index contributed by atoms with van der Waals surface area (Å²) in [7, 11) is 0. The van der Waals surface area contributed by atoms with E-state index in [9.17, 15) is 0 Å². The second-order valence-electron chi connectivity index (χ2n) is 10.6. The van der Waals surface area contributed by atoms with Crippen molar-refractivity contribution in [2.45, 2.75) is 0 Å². The summed E-state index contributed by atoms with van der Waals surface area (Å²) in [6.07, 6.45) is 0. The van der Waals surface area contributed by atoms with Gasteiger partial charge in [0.05, 0.1) is 11.0 Å². The number of rotatable bonds is 3. The van der Waals surface area contributed by atoms with Crippen LogP contribution in [0.2, 0.25) is 0 Å². The molecule has 3 heterocycles. The first-order valence-electron chi connectivity index (χ1n) is 13.8. The van der Waals surface area contributed by atoms with Crippen LogP contribution in [0.1, 0.15) is 0 Å². The quantitative estimate of drug-likeness (QED) is 0.249. The molecule has 0 bridgehead atoms. The molecule has 0 radical (unpaired) electrons. The summed E-state index contributed by atoms with van der Waals surface area (Å²) in [5, 5.41) is 4.80. The fourth-order valence-electron chi connectivity index (χ4n) is 6.21. The largest absolute Gasteiger partial charge is 0.436 e. The van der Waals surface area contributed by atoms with Crippen molar-refractivity contribution >= 4 is 54.7 Å². The first-order chi connectivity index (χ1) is 20.3. The summed E-state index contributed by atoms with van der Waals surface area (Å²) in [5.74, 6) is 0.636. The number of nitrogens with zero attached hydrogens (tertiary/aromatic N) is 2. The second kappa shape index (κ2) is 8.44. The van der Waals surface area contributed by atoms with Gasteiger partial charge >= 0.3 is 0 Å². The Morgan fingerprint density at radius 1 is 0.512 bits per heavy atom. The SMILES string of the molecule is c1ccc(-c2nc3cc4c(cc3o2)c2cc(-c3ccc5[nH]c6ccccc6c5c3)ccc2n4-c2ccccc2)cc1. The average Bonchev–Trinajstić information content (AvgIpc) is 3.71. The van der Waals surface area contributed by atoms with E-state index >= 15 is 0 Å². The molecule has 0 spiro atoms. The number of hydrogen-bond donors (Lipinski definition) is 1.